The fraction of sp³-hybridized carbons (Fsp3) is 0.273. The van der Waals surface area contributed by atoms with Gasteiger partial charge in [-0.1, -0.05) is 61.9 Å². The quantitative estimate of drug-likeness (QED) is 0.477. The predicted octanol–water partition coefficient (Wildman–Crippen LogP) is 3.95. The normalized spacial score (nSPS) is 10.9. The molecular formula is C22H23N7O. The fourth-order valence-electron chi connectivity index (χ4n) is 3.11. The van der Waals surface area contributed by atoms with E-state index in [0.29, 0.717) is 24.0 Å². The third kappa shape index (κ3) is 4.48. The van der Waals surface area contributed by atoms with E-state index in [-0.39, 0.29) is 0 Å². The number of rotatable bonds is 8. The van der Waals surface area contributed by atoms with Crippen molar-refractivity contribution in [2.75, 3.05) is 0 Å². The highest BCUT2D eigenvalue weighted by molar-refractivity contribution is 5.80. The smallest absolute Gasteiger partial charge is 0.239 e. The standard InChI is InChI=1S/C22H23N7O/c1-3-4-9-20-23-22(15(2)24-25-20)30-14-16-10-12-17(13-11-16)18-7-5-6-8-19(18)21-26-28-29-27-21/h5-8,10-13H,3-4,9,14H2,1-2H3,(H,26,27,28,29). The number of tetrazole rings is 1. The molecule has 0 saturated heterocycles. The maximum Gasteiger partial charge on any atom is 0.239 e. The number of hydrogen-bond acceptors (Lipinski definition) is 7. The Morgan fingerprint density at radius 3 is 2.47 bits per heavy atom. The maximum absolute atomic E-state index is 5.93. The number of ether oxygens (including phenoxy) is 1. The molecule has 0 spiro atoms. The van der Waals surface area contributed by atoms with Crippen molar-refractivity contribution in [3.63, 3.8) is 0 Å². The molecule has 0 atom stereocenters. The lowest BCUT2D eigenvalue weighted by atomic mass is 9.98. The third-order valence-corrected chi connectivity index (χ3v) is 4.76. The van der Waals surface area contributed by atoms with Gasteiger partial charge in [0, 0.05) is 12.0 Å². The monoisotopic (exact) mass is 401 g/mol. The highest BCUT2D eigenvalue weighted by Crippen LogP contribution is 2.29. The molecule has 0 aliphatic rings. The van der Waals surface area contributed by atoms with Crippen LogP contribution in [0.15, 0.2) is 48.5 Å². The van der Waals surface area contributed by atoms with E-state index in [2.05, 4.69) is 54.9 Å². The van der Waals surface area contributed by atoms with Crippen LogP contribution in [-0.4, -0.2) is 35.8 Å². The molecular weight excluding hydrogens is 378 g/mol. The first-order valence-electron chi connectivity index (χ1n) is 9.99. The first kappa shape index (κ1) is 19.6. The maximum atomic E-state index is 5.93. The lowest BCUT2D eigenvalue weighted by Gasteiger charge is -2.10. The Balaban J connectivity index is 1.48. The minimum absolute atomic E-state index is 0.416. The van der Waals surface area contributed by atoms with Gasteiger partial charge in [-0.2, -0.15) is 10.2 Å². The van der Waals surface area contributed by atoms with Gasteiger partial charge in [0.05, 0.1) is 0 Å². The van der Waals surface area contributed by atoms with Crippen LogP contribution in [0.25, 0.3) is 22.5 Å². The van der Waals surface area contributed by atoms with Crippen molar-refractivity contribution in [1.29, 1.82) is 0 Å². The summed E-state index contributed by atoms with van der Waals surface area (Å²) in [5.41, 5.74) is 4.78. The highest BCUT2D eigenvalue weighted by Gasteiger charge is 2.11. The molecule has 0 radical (unpaired) electrons. The van der Waals surface area contributed by atoms with Crippen LogP contribution in [0.4, 0.5) is 0 Å². The predicted molar refractivity (Wildman–Crippen MR) is 113 cm³/mol. The van der Waals surface area contributed by atoms with Gasteiger partial charge in [0.25, 0.3) is 0 Å². The molecule has 30 heavy (non-hydrogen) atoms. The number of H-pyrrole nitrogens is 1. The fourth-order valence-corrected chi connectivity index (χ4v) is 3.11. The Bertz CT molecular complexity index is 1090. The number of unbranched alkanes of at least 4 members (excludes halogenated alkanes) is 1. The van der Waals surface area contributed by atoms with E-state index in [1.807, 2.05) is 43.3 Å². The van der Waals surface area contributed by atoms with Crippen molar-refractivity contribution in [3.8, 4) is 28.4 Å². The van der Waals surface area contributed by atoms with Crippen LogP contribution in [0.2, 0.25) is 0 Å². The molecule has 0 aliphatic heterocycles. The van der Waals surface area contributed by atoms with Gasteiger partial charge in [0.1, 0.15) is 12.3 Å². The van der Waals surface area contributed by atoms with Gasteiger partial charge >= 0.3 is 0 Å². The summed E-state index contributed by atoms with van der Waals surface area (Å²) in [6, 6.07) is 16.2. The Hall–Kier alpha value is -3.68. The molecule has 8 nitrogen and oxygen atoms in total. The number of hydrogen-bond donors (Lipinski definition) is 1. The molecule has 152 valence electrons. The number of aromatic nitrogens is 7. The molecule has 4 rings (SSSR count). The summed E-state index contributed by atoms with van der Waals surface area (Å²) < 4.78 is 5.93. The van der Waals surface area contributed by atoms with E-state index in [9.17, 15) is 0 Å². The largest absolute Gasteiger partial charge is 0.471 e. The Morgan fingerprint density at radius 1 is 0.933 bits per heavy atom. The number of benzene rings is 2. The molecule has 2 heterocycles. The second-order valence-electron chi connectivity index (χ2n) is 6.99. The van der Waals surface area contributed by atoms with E-state index in [0.717, 1.165) is 47.3 Å². The molecule has 2 aromatic heterocycles. The number of aryl methyl sites for hydroxylation is 2. The van der Waals surface area contributed by atoms with Gasteiger partial charge in [0.15, 0.2) is 5.82 Å². The summed E-state index contributed by atoms with van der Waals surface area (Å²) in [6.07, 6.45) is 2.95. The Labute approximate surface area is 174 Å². The lowest BCUT2D eigenvalue weighted by molar-refractivity contribution is 0.287. The van der Waals surface area contributed by atoms with Crippen molar-refractivity contribution >= 4 is 0 Å². The third-order valence-electron chi connectivity index (χ3n) is 4.76. The van der Waals surface area contributed by atoms with E-state index in [4.69, 9.17) is 4.74 Å². The zero-order chi connectivity index (χ0) is 20.8. The molecule has 0 fully saturated rings. The van der Waals surface area contributed by atoms with E-state index >= 15 is 0 Å². The SMILES string of the molecule is CCCCc1nnc(C)c(OCc2ccc(-c3ccccc3-c3nn[nH]n3)cc2)n1. The summed E-state index contributed by atoms with van der Waals surface area (Å²) in [6.45, 7) is 4.42. The average Bonchev–Trinajstić information content (AvgIpc) is 3.33. The van der Waals surface area contributed by atoms with E-state index < -0.39 is 0 Å². The van der Waals surface area contributed by atoms with Crippen LogP contribution in [0.3, 0.4) is 0 Å². The van der Waals surface area contributed by atoms with Gasteiger partial charge in [0.2, 0.25) is 11.7 Å². The van der Waals surface area contributed by atoms with Crippen LogP contribution in [0.5, 0.6) is 5.88 Å². The lowest BCUT2D eigenvalue weighted by Crippen LogP contribution is -2.06. The van der Waals surface area contributed by atoms with Gasteiger partial charge in [-0.15, -0.1) is 20.4 Å². The molecule has 2 aromatic carbocycles. The van der Waals surface area contributed by atoms with Crippen molar-refractivity contribution in [2.24, 2.45) is 0 Å². The van der Waals surface area contributed by atoms with Gasteiger partial charge < -0.3 is 4.74 Å². The minimum atomic E-state index is 0.416. The van der Waals surface area contributed by atoms with Gasteiger partial charge in [-0.05, 0) is 35.2 Å². The van der Waals surface area contributed by atoms with Crippen molar-refractivity contribution in [1.82, 2.24) is 35.8 Å². The summed E-state index contributed by atoms with van der Waals surface area (Å²) in [4.78, 5) is 4.51. The van der Waals surface area contributed by atoms with Crippen LogP contribution in [0.1, 0.15) is 36.8 Å². The molecule has 4 aromatic rings. The molecule has 0 unspecified atom stereocenters. The van der Waals surface area contributed by atoms with Crippen molar-refractivity contribution in [2.45, 2.75) is 39.7 Å². The van der Waals surface area contributed by atoms with Gasteiger partial charge in [-0.25, -0.2) is 0 Å². The van der Waals surface area contributed by atoms with E-state index in [1.165, 1.54) is 0 Å². The van der Waals surface area contributed by atoms with Crippen LogP contribution >= 0.6 is 0 Å². The zero-order valence-electron chi connectivity index (χ0n) is 17.0. The summed E-state index contributed by atoms with van der Waals surface area (Å²) in [7, 11) is 0. The highest BCUT2D eigenvalue weighted by atomic mass is 16.5. The van der Waals surface area contributed by atoms with Crippen LogP contribution in [-0.2, 0) is 13.0 Å². The Morgan fingerprint density at radius 2 is 1.73 bits per heavy atom. The summed E-state index contributed by atoms with van der Waals surface area (Å²) >= 11 is 0. The first-order chi connectivity index (χ1) is 14.7. The molecule has 0 amide bonds. The topological polar surface area (TPSA) is 102 Å². The van der Waals surface area contributed by atoms with Crippen LogP contribution < -0.4 is 4.74 Å². The van der Waals surface area contributed by atoms with Crippen molar-refractivity contribution in [3.05, 3.63) is 65.6 Å². The van der Waals surface area contributed by atoms with Gasteiger partial charge in [-0.3, -0.25) is 0 Å². The summed E-state index contributed by atoms with van der Waals surface area (Å²) in [5.74, 6) is 1.84. The number of nitrogens with zero attached hydrogens (tertiary/aromatic N) is 6. The van der Waals surface area contributed by atoms with Crippen molar-refractivity contribution < 1.29 is 4.74 Å². The summed E-state index contributed by atoms with van der Waals surface area (Å²) in [5, 5.41) is 22.7. The molecule has 0 aliphatic carbocycles. The molecule has 0 saturated carbocycles. The average molecular weight is 401 g/mol. The molecule has 8 heteroatoms. The first-order valence-corrected chi connectivity index (χ1v) is 9.99. The second-order valence-corrected chi connectivity index (χ2v) is 6.99. The van der Waals surface area contributed by atoms with Crippen LogP contribution in [0, 0.1) is 6.92 Å². The molecule has 0 bridgehead atoms. The number of nitrogens with one attached hydrogen (secondary N) is 1. The van der Waals surface area contributed by atoms with E-state index in [1.54, 1.807) is 0 Å². The second kappa shape index (κ2) is 9.21. The Kier molecular flexibility index (Phi) is 6.03. The molecule has 1 N–H and O–H groups in total. The zero-order valence-corrected chi connectivity index (χ0v) is 17.0. The minimum Gasteiger partial charge on any atom is -0.471 e. The number of aromatic amines is 1.